The Balaban J connectivity index is 2.05. The Morgan fingerprint density at radius 1 is 1.44 bits per heavy atom. The van der Waals surface area contributed by atoms with Crippen molar-refractivity contribution in [3.8, 4) is 0 Å². The molecule has 1 aromatic carbocycles. The lowest BCUT2D eigenvalue weighted by Gasteiger charge is -2.13. The third-order valence-corrected chi connectivity index (χ3v) is 3.11. The SMILES string of the molecule is CSCc1ccc(C(=O)N2CCCO2)cc1. The zero-order chi connectivity index (χ0) is 11.4. The molecule has 0 spiro atoms. The van der Waals surface area contributed by atoms with E-state index in [4.69, 9.17) is 4.84 Å². The minimum absolute atomic E-state index is 0.0341. The van der Waals surface area contributed by atoms with E-state index in [1.54, 1.807) is 11.8 Å². The summed E-state index contributed by atoms with van der Waals surface area (Å²) < 4.78 is 0. The van der Waals surface area contributed by atoms with E-state index in [0.29, 0.717) is 18.7 Å². The molecule has 1 saturated heterocycles. The Hall–Kier alpha value is -1.00. The molecule has 0 aromatic heterocycles. The molecule has 0 unspecified atom stereocenters. The molecule has 0 bridgehead atoms. The Bertz CT molecular complexity index is 358. The van der Waals surface area contributed by atoms with E-state index >= 15 is 0 Å². The highest BCUT2D eigenvalue weighted by atomic mass is 32.2. The molecule has 0 saturated carbocycles. The number of carbonyl (C=O) groups is 1. The van der Waals surface area contributed by atoms with E-state index in [9.17, 15) is 4.79 Å². The molecular formula is C12H15NO2S. The van der Waals surface area contributed by atoms with Gasteiger partial charge in [0.25, 0.3) is 5.91 Å². The van der Waals surface area contributed by atoms with Gasteiger partial charge in [0.15, 0.2) is 0 Å². The van der Waals surface area contributed by atoms with E-state index in [2.05, 4.69) is 6.26 Å². The van der Waals surface area contributed by atoms with Gasteiger partial charge < -0.3 is 0 Å². The van der Waals surface area contributed by atoms with E-state index in [-0.39, 0.29) is 5.91 Å². The Morgan fingerprint density at radius 3 is 2.75 bits per heavy atom. The van der Waals surface area contributed by atoms with Crippen molar-refractivity contribution in [2.45, 2.75) is 12.2 Å². The normalized spacial score (nSPS) is 15.4. The number of hydroxylamine groups is 2. The molecule has 2 rings (SSSR count). The number of thioether (sulfide) groups is 1. The number of hydrogen-bond acceptors (Lipinski definition) is 3. The molecule has 1 amide bonds. The number of hydrogen-bond donors (Lipinski definition) is 0. The molecule has 1 aliphatic heterocycles. The van der Waals surface area contributed by atoms with E-state index in [0.717, 1.165) is 12.2 Å². The topological polar surface area (TPSA) is 29.5 Å². The van der Waals surface area contributed by atoms with Crippen LogP contribution in [0.2, 0.25) is 0 Å². The van der Waals surface area contributed by atoms with E-state index in [1.807, 2.05) is 24.3 Å². The summed E-state index contributed by atoms with van der Waals surface area (Å²) >= 11 is 1.77. The van der Waals surface area contributed by atoms with Crippen LogP contribution in [0.25, 0.3) is 0 Å². The first-order chi connectivity index (χ1) is 7.81. The third kappa shape index (κ3) is 2.57. The first-order valence-electron chi connectivity index (χ1n) is 5.34. The van der Waals surface area contributed by atoms with Crippen molar-refractivity contribution in [1.29, 1.82) is 0 Å². The predicted octanol–water partition coefficient (Wildman–Crippen LogP) is 2.33. The van der Waals surface area contributed by atoms with Crippen LogP contribution in [-0.4, -0.2) is 30.4 Å². The quantitative estimate of drug-likeness (QED) is 0.808. The molecular weight excluding hydrogens is 222 g/mol. The van der Waals surface area contributed by atoms with Crippen molar-refractivity contribution in [1.82, 2.24) is 5.06 Å². The summed E-state index contributed by atoms with van der Waals surface area (Å²) in [7, 11) is 0. The van der Waals surface area contributed by atoms with Crippen LogP contribution in [0, 0.1) is 0 Å². The third-order valence-electron chi connectivity index (χ3n) is 2.49. The summed E-state index contributed by atoms with van der Waals surface area (Å²) in [5.74, 6) is 0.947. The second-order valence-corrected chi connectivity index (χ2v) is 4.59. The van der Waals surface area contributed by atoms with Gasteiger partial charge in [-0.25, -0.2) is 5.06 Å². The average Bonchev–Trinajstić information content (AvgIpc) is 2.83. The number of carbonyl (C=O) groups excluding carboxylic acids is 1. The van der Waals surface area contributed by atoms with E-state index < -0.39 is 0 Å². The highest BCUT2D eigenvalue weighted by Crippen LogP contribution is 2.14. The van der Waals surface area contributed by atoms with Crippen LogP contribution < -0.4 is 0 Å². The second-order valence-electron chi connectivity index (χ2n) is 3.72. The molecule has 3 nitrogen and oxygen atoms in total. The van der Waals surface area contributed by atoms with Crippen molar-refractivity contribution < 1.29 is 9.63 Å². The van der Waals surface area contributed by atoms with Gasteiger partial charge in [-0.2, -0.15) is 11.8 Å². The van der Waals surface area contributed by atoms with Gasteiger partial charge in [0.05, 0.1) is 13.2 Å². The molecule has 1 aromatic rings. The van der Waals surface area contributed by atoms with Gasteiger partial charge in [-0.05, 0) is 30.4 Å². The number of benzene rings is 1. The van der Waals surface area contributed by atoms with Gasteiger partial charge in [-0.1, -0.05) is 12.1 Å². The van der Waals surface area contributed by atoms with Crippen LogP contribution in [0.1, 0.15) is 22.3 Å². The highest BCUT2D eigenvalue weighted by molar-refractivity contribution is 7.97. The van der Waals surface area contributed by atoms with Crippen LogP contribution in [0.4, 0.5) is 0 Å². The molecule has 0 N–H and O–H groups in total. The summed E-state index contributed by atoms with van der Waals surface area (Å²) in [6, 6.07) is 7.74. The fourth-order valence-electron chi connectivity index (χ4n) is 1.66. The van der Waals surface area contributed by atoms with Gasteiger partial charge in [-0.3, -0.25) is 9.63 Å². The lowest BCUT2D eigenvalue weighted by Crippen LogP contribution is -2.26. The van der Waals surface area contributed by atoms with E-state index in [1.165, 1.54) is 10.6 Å². The first kappa shape index (κ1) is 11.5. The van der Waals surface area contributed by atoms with Crippen molar-refractivity contribution >= 4 is 17.7 Å². The van der Waals surface area contributed by atoms with Gasteiger partial charge in [0, 0.05) is 11.3 Å². The van der Waals surface area contributed by atoms with Gasteiger partial charge >= 0.3 is 0 Å². The van der Waals surface area contributed by atoms with Crippen LogP contribution in [0.15, 0.2) is 24.3 Å². The average molecular weight is 237 g/mol. The van der Waals surface area contributed by atoms with Gasteiger partial charge in [-0.15, -0.1) is 0 Å². The second kappa shape index (κ2) is 5.37. The maximum atomic E-state index is 11.9. The molecule has 86 valence electrons. The maximum Gasteiger partial charge on any atom is 0.277 e. The zero-order valence-electron chi connectivity index (χ0n) is 9.31. The molecule has 1 fully saturated rings. The maximum absolute atomic E-state index is 11.9. The number of nitrogens with zero attached hydrogens (tertiary/aromatic N) is 1. The molecule has 16 heavy (non-hydrogen) atoms. The summed E-state index contributed by atoms with van der Waals surface area (Å²) in [6.07, 6.45) is 2.99. The van der Waals surface area contributed by atoms with Crippen LogP contribution >= 0.6 is 11.8 Å². The van der Waals surface area contributed by atoms with Crippen molar-refractivity contribution in [2.75, 3.05) is 19.4 Å². The fourth-order valence-corrected chi connectivity index (χ4v) is 2.19. The van der Waals surface area contributed by atoms with Gasteiger partial charge in [0.2, 0.25) is 0 Å². The molecule has 1 heterocycles. The molecule has 4 heteroatoms. The van der Waals surface area contributed by atoms with Crippen molar-refractivity contribution in [2.24, 2.45) is 0 Å². The molecule has 0 radical (unpaired) electrons. The van der Waals surface area contributed by atoms with Crippen LogP contribution in [0.5, 0.6) is 0 Å². The lowest BCUT2D eigenvalue weighted by atomic mass is 10.1. The molecule has 0 aliphatic carbocycles. The summed E-state index contributed by atoms with van der Waals surface area (Å²) in [5, 5.41) is 1.45. The minimum atomic E-state index is -0.0341. The van der Waals surface area contributed by atoms with Crippen molar-refractivity contribution in [3.05, 3.63) is 35.4 Å². The Morgan fingerprint density at radius 2 is 2.19 bits per heavy atom. The molecule has 0 atom stereocenters. The summed E-state index contributed by atoms with van der Waals surface area (Å²) in [5.41, 5.74) is 1.94. The molecule has 1 aliphatic rings. The first-order valence-corrected chi connectivity index (χ1v) is 6.73. The smallest absolute Gasteiger partial charge is 0.271 e. The Labute approximate surface area is 99.7 Å². The summed E-state index contributed by atoms with van der Waals surface area (Å²) in [4.78, 5) is 17.1. The standard InChI is InChI=1S/C12H15NO2S/c1-16-9-10-3-5-11(6-4-10)12(14)13-7-2-8-15-13/h3-6H,2,7-9H2,1H3. The van der Waals surface area contributed by atoms with Gasteiger partial charge in [0.1, 0.15) is 0 Å². The Kier molecular flexibility index (Phi) is 3.85. The number of amides is 1. The van der Waals surface area contributed by atoms with Crippen molar-refractivity contribution in [3.63, 3.8) is 0 Å². The largest absolute Gasteiger partial charge is 0.277 e. The minimum Gasteiger partial charge on any atom is -0.271 e. The number of rotatable bonds is 3. The fraction of sp³-hybridized carbons (Fsp3) is 0.417. The lowest BCUT2D eigenvalue weighted by molar-refractivity contribution is -0.0768. The predicted molar refractivity (Wildman–Crippen MR) is 65.3 cm³/mol. The zero-order valence-corrected chi connectivity index (χ0v) is 10.1. The summed E-state index contributed by atoms with van der Waals surface area (Å²) in [6.45, 7) is 1.35. The highest BCUT2D eigenvalue weighted by Gasteiger charge is 2.20. The monoisotopic (exact) mass is 237 g/mol. The van der Waals surface area contributed by atoms with Crippen LogP contribution in [-0.2, 0) is 10.6 Å². The van der Waals surface area contributed by atoms with Crippen LogP contribution in [0.3, 0.4) is 0 Å².